The first kappa shape index (κ1) is 14.1. The number of carbonyl (C=O) groups is 1. The van der Waals surface area contributed by atoms with E-state index in [0.717, 1.165) is 0 Å². The van der Waals surface area contributed by atoms with E-state index in [4.69, 9.17) is 9.84 Å². The Bertz CT molecular complexity index is 220. The third-order valence-corrected chi connectivity index (χ3v) is 1.49. The number of halogens is 2. The van der Waals surface area contributed by atoms with Crippen LogP contribution in [-0.4, -0.2) is 35.4 Å². The van der Waals surface area contributed by atoms with Crippen LogP contribution in [0, 0.1) is 0 Å². The summed E-state index contributed by atoms with van der Waals surface area (Å²) in [6.45, 7) is 4.62. The zero-order valence-electron chi connectivity index (χ0n) is 9.30. The van der Waals surface area contributed by atoms with Gasteiger partial charge in [0.15, 0.2) is 0 Å². The number of aliphatic hydroxyl groups is 1. The molecule has 0 heterocycles. The first-order chi connectivity index (χ1) is 6.56. The summed E-state index contributed by atoms with van der Waals surface area (Å²) in [5.74, 6) is -3.19. The molecule has 15 heavy (non-hydrogen) atoms. The van der Waals surface area contributed by atoms with Crippen LogP contribution in [0.1, 0.15) is 27.7 Å². The zero-order chi connectivity index (χ0) is 12.3. The first-order valence-corrected chi connectivity index (χ1v) is 4.54. The molecule has 0 aromatic carbocycles. The number of hydrogen-bond acceptors (Lipinski definition) is 3. The molecule has 0 aliphatic heterocycles. The van der Waals surface area contributed by atoms with Crippen LogP contribution in [0.2, 0.25) is 0 Å². The van der Waals surface area contributed by atoms with Gasteiger partial charge < -0.3 is 15.2 Å². The van der Waals surface area contributed by atoms with Gasteiger partial charge in [-0.1, -0.05) is 0 Å². The predicted octanol–water partition coefficient (Wildman–Crippen LogP) is 1.53. The highest BCUT2D eigenvalue weighted by Gasteiger charge is 2.35. The largest absolute Gasteiger partial charge is 0.444 e. The molecular weight excluding hydrogens is 208 g/mol. The molecule has 90 valence electrons. The molecule has 0 saturated heterocycles. The molecule has 0 saturated carbocycles. The summed E-state index contributed by atoms with van der Waals surface area (Å²) in [6.07, 6.45) is -0.969. The Morgan fingerprint density at radius 1 is 1.40 bits per heavy atom. The molecule has 4 nitrogen and oxygen atoms in total. The van der Waals surface area contributed by atoms with Crippen LogP contribution in [0.5, 0.6) is 0 Å². The van der Waals surface area contributed by atoms with Crippen molar-refractivity contribution in [1.29, 1.82) is 0 Å². The molecule has 0 bridgehead atoms. The van der Waals surface area contributed by atoms with Crippen molar-refractivity contribution in [3.8, 4) is 0 Å². The summed E-state index contributed by atoms with van der Waals surface area (Å²) in [5.41, 5.74) is -0.757. The van der Waals surface area contributed by atoms with Crippen LogP contribution in [0.15, 0.2) is 0 Å². The number of amides is 1. The molecule has 6 heteroatoms. The van der Waals surface area contributed by atoms with E-state index in [-0.39, 0.29) is 0 Å². The molecule has 0 fully saturated rings. The van der Waals surface area contributed by atoms with Crippen molar-refractivity contribution in [2.45, 2.75) is 45.3 Å². The van der Waals surface area contributed by atoms with Gasteiger partial charge in [-0.2, -0.15) is 0 Å². The number of alkyl carbamates (subject to hydrolysis) is 1. The second kappa shape index (κ2) is 4.74. The van der Waals surface area contributed by atoms with E-state index in [1.807, 2.05) is 5.32 Å². The first-order valence-electron chi connectivity index (χ1n) is 4.54. The number of aliphatic hydroxyl groups excluding tert-OH is 1. The maximum absolute atomic E-state index is 12.8. The van der Waals surface area contributed by atoms with Crippen LogP contribution in [-0.2, 0) is 4.74 Å². The number of hydrogen-bond donors (Lipinski definition) is 2. The predicted molar refractivity (Wildman–Crippen MR) is 50.9 cm³/mol. The minimum absolute atomic E-state index is 0.616. The smallest absolute Gasteiger partial charge is 0.408 e. The van der Waals surface area contributed by atoms with E-state index in [9.17, 15) is 13.6 Å². The minimum atomic E-state index is -3.19. The lowest BCUT2D eigenvalue weighted by atomic mass is 10.2. The molecule has 0 aromatic rings. The summed E-state index contributed by atoms with van der Waals surface area (Å²) < 4.78 is 30.3. The maximum atomic E-state index is 12.8. The molecule has 0 radical (unpaired) electrons. The van der Waals surface area contributed by atoms with Crippen LogP contribution < -0.4 is 5.32 Å². The van der Waals surface area contributed by atoms with Crippen molar-refractivity contribution < 1.29 is 23.4 Å². The summed E-state index contributed by atoms with van der Waals surface area (Å²) in [5, 5.41) is 10.6. The fourth-order valence-electron chi connectivity index (χ4n) is 0.782. The van der Waals surface area contributed by atoms with Gasteiger partial charge in [0.25, 0.3) is 5.92 Å². The maximum Gasteiger partial charge on any atom is 0.408 e. The molecule has 0 spiro atoms. The number of rotatable bonds is 3. The van der Waals surface area contributed by atoms with E-state index >= 15 is 0 Å². The fourth-order valence-corrected chi connectivity index (χ4v) is 0.782. The second-order valence-electron chi connectivity index (χ2n) is 4.34. The number of alkyl halides is 2. The van der Waals surface area contributed by atoms with E-state index in [0.29, 0.717) is 6.92 Å². The molecule has 1 amide bonds. The summed E-state index contributed by atoms with van der Waals surface area (Å²) in [6, 6.07) is -1.63. The highest BCUT2D eigenvalue weighted by atomic mass is 19.3. The summed E-state index contributed by atoms with van der Waals surface area (Å²) >= 11 is 0. The van der Waals surface area contributed by atoms with Gasteiger partial charge in [0.2, 0.25) is 0 Å². The molecular formula is C9H17F2NO3. The van der Waals surface area contributed by atoms with Crippen molar-refractivity contribution in [3.05, 3.63) is 0 Å². The Morgan fingerprint density at radius 3 is 2.13 bits per heavy atom. The quantitative estimate of drug-likeness (QED) is 0.765. The standard InChI is InChI=1S/C9H17F2NO3/c1-8(2,3)15-7(14)12-6(5-13)9(4,10)11/h6,13H,5H2,1-4H3,(H,12,14). The van der Waals surface area contributed by atoms with Gasteiger partial charge in [-0.15, -0.1) is 0 Å². The van der Waals surface area contributed by atoms with Crippen molar-refractivity contribution in [2.24, 2.45) is 0 Å². The highest BCUT2D eigenvalue weighted by Crippen LogP contribution is 2.17. The Balaban J connectivity index is 4.27. The SMILES string of the molecule is CC(C)(C)OC(=O)NC(CO)C(C)(F)F. The lowest BCUT2D eigenvalue weighted by Gasteiger charge is -2.25. The molecule has 1 atom stereocenters. The van der Waals surface area contributed by atoms with Crippen molar-refractivity contribution >= 4 is 6.09 Å². The lowest BCUT2D eigenvalue weighted by Crippen LogP contribution is -2.49. The van der Waals surface area contributed by atoms with Gasteiger partial charge in [0, 0.05) is 6.92 Å². The van der Waals surface area contributed by atoms with E-state index in [1.54, 1.807) is 20.8 Å². The number of carbonyl (C=O) groups excluding carboxylic acids is 1. The molecule has 2 N–H and O–H groups in total. The van der Waals surface area contributed by atoms with Crippen LogP contribution in [0.3, 0.4) is 0 Å². The average molecular weight is 225 g/mol. The molecule has 0 aliphatic rings. The van der Waals surface area contributed by atoms with Gasteiger partial charge in [-0.05, 0) is 20.8 Å². The third-order valence-electron chi connectivity index (χ3n) is 1.49. The molecule has 0 rings (SSSR count). The normalized spacial score (nSPS) is 14.6. The highest BCUT2D eigenvalue weighted by molar-refractivity contribution is 5.68. The van der Waals surface area contributed by atoms with E-state index in [1.165, 1.54) is 0 Å². The Labute approximate surface area is 87.6 Å². The second-order valence-corrected chi connectivity index (χ2v) is 4.34. The fraction of sp³-hybridized carbons (Fsp3) is 0.889. The third kappa shape index (κ3) is 6.22. The van der Waals surface area contributed by atoms with Crippen molar-refractivity contribution in [3.63, 3.8) is 0 Å². The van der Waals surface area contributed by atoms with Crippen LogP contribution in [0.4, 0.5) is 13.6 Å². The number of ether oxygens (including phenoxy) is 1. The van der Waals surface area contributed by atoms with Crippen LogP contribution >= 0.6 is 0 Å². The van der Waals surface area contributed by atoms with Crippen LogP contribution in [0.25, 0.3) is 0 Å². The topological polar surface area (TPSA) is 58.6 Å². The van der Waals surface area contributed by atoms with Gasteiger partial charge in [0.05, 0.1) is 6.61 Å². The minimum Gasteiger partial charge on any atom is -0.444 e. The Morgan fingerprint density at radius 2 is 1.87 bits per heavy atom. The van der Waals surface area contributed by atoms with Crippen molar-refractivity contribution in [2.75, 3.05) is 6.61 Å². The van der Waals surface area contributed by atoms with E-state index < -0.39 is 30.3 Å². The average Bonchev–Trinajstić information content (AvgIpc) is 1.94. The number of nitrogens with one attached hydrogen (secondary N) is 1. The molecule has 1 unspecified atom stereocenters. The zero-order valence-corrected chi connectivity index (χ0v) is 9.30. The molecule has 0 aliphatic carbocycles. The Kier molecular flexibility index (Phi) is 4.45. The summed E-state index contributed by atoms with van der Waals surface area (Å²) in [7, 11) is 0. The van der Waals surface area contributed by atoms with Gasteiger partial charge in [-0.3, -0.25) is 0 Å². The van der Waals surface area contributed by atoms with Crippen molar-refractivity contribution in [1.82, 2.24) is 5.32 Å². The Hall–Kier alpha value is -0.910. The van der Waals surface area contributed by atoms with Gasteiger partial charge in [-0.25, -0.2) is 13.6 Å². The summed E-state index contributed by atoms with van der Waals surface area (Å²) in [4.78, 5) is 11.1. The lowest BCUT2D eigenvalue weighted by molar-refractivity contribution is -0.0399. The monoisotopic (exact) mass is 225 g/mol. The van der Waals surface area contributed by atoms with E-state index in [2.05, 4.69) is 0 Å². The van der Waals surface area contributed by atoms with Gasteiger partial charge >= 0.3 is 6.09 Å². The molecule has 0 aromatic heterocycles. The van der Waals surface area contributed by atoms with Gasteiger partial charge in [0.1, 0.15) is 11.6 Å².